The first-order chi connectivity index (χ1) is 14.5. The van der Waals surface area contributed by atoms with Crippen molar-refractivity contribution in [2.45, 2.75) is 32.2 Å². The summed E-state index contributed by atoms with van der Waals surface area (Å²) in [5.74, 6) is -0.359. The normalized spacial score (nSPS) is 15.3. The number of fused-ring (bicyclic) bond motifs is 1. The first-order valence-corrected chi connectivity index (χ1v) is 10.0. The number of carbonyl (C=O) groups excluding carboxylic acids is 1. The number of nitrogens with one attached hydrogen (secondary N) is 2. The maximum absolute atomic E-state index is 11.4. The molecule has 2 heterocycles. The average Bonchev–Trinajstić information content (AvgIpc) is 3.35. The van der Waals surface area contributed by atoms with Crippen molar-refractivity contribution < 1.29 is 9.21 Å². The molecule has 7 nitrogen and oxygen atoms in total. The predicted octanol–water partition coefficient (Wildman–Crippen LogP) is 2.88. The Hall–Kier alpha value is -3.37. The molecule has 0 saturated carbocycles. The number of nitrogens with zero attached hydrogens (tertiary/aromatic N) is 2. The maximum atomic E-state index is 11.4. The van der Waals surface area contributed by atoms with Crippen LogP contribution in [0, 0.1) is 18.3 Å². The van der Waals surface area contributed by atoms with Crippen LogP contribution in [0.25, 0.3) is 22.2 Å². The maximum Gasteiger partial charge on any atom is 0.419 e. The molecular formula is C23H26N4O3. The van der Waals surface area contributed by atoms with Crippen molar-refractivity contribution in [1.29, 1.82) is 5.26 Å². The van der Waals surface area contributed by atoms with Gasteiger partial charge in [0, 0.05) is 19.5 Å². The van der Waals surface area contributed by atoms with Crippen molar-refractivity contribution in [1.82, 2.24) is 15.2 Å². The van der Waals surface area contributed by atoms with E-state index in [0.717, 1.165) is 36.0 Å². The molecule has 1 fully saturated rings. The largest absolute Gasteiger partial charge is 0.419 e. The van der Waals surface area contributed by atoms with Crippen molar-refractivity contribution in [3.05, 3.63) is 58.6 Å². The number of carbonyl (C=O) groups is 1. The number of amides is 1. The highest BCUT2D eigenvalue weighted by molar-refractivity contribution is 5.80. The van der Waals surface area contributed by atoms with E-state index in [-0.39, 0.29) is 18.2 Å². The van der Waals surface area contributed by atoms with Crippen LogP contribution in [0.4, 0.5) is 0 Å². The molecule has 3 aromatic rings. The Morgan fingerprint density at radius 1 is 1.27 bits per heavy atom. The monoisotopic (exact) mass is 406 g/mol. The minimum absolute atomic E-state index is 0.0315. The lowest BCUT2D eigenvalue weighted by atomic mass is 10.0. The first-order valence-electron chi connectivity index (χ1n) is 10.0. The van der Waals surface area contributed by atoms with Gasteiger partial charge >= 0.3 is 5.76 Å². The molecule has 1 aliphatic rings. The van der Waals surface area contributed by atoms with E-state index < -0.39 is 0 Å². The summed E-state index contributed by atoms with van der Waals surface area (Å²) in [5, 5.41) is 13.9. The summed E-state index contributed by atoms with van der Waals surface area (Å²) < 4.78 is 6.64. The van der Waals surface area contributed by atoms with E-state index >= 15 is 0 Å². The molecule has 7 heteroatoms. The summed E-state index contributed by atoms with van der Waals surface area (Å²) in [6, 6.07) is 16.3. The molecule has 4 rings (SSSR count). The van der Waals surface area contributed by atoms with E-state index in [1.165, 1.54) is 10.1 Å². The van der Waals surface area contributed by atoms with Crippen LogP contribution in [-0.4, -0.2) is 29.6 Å². The van der Waals surface area contributed by atoms with Gasteiger partial charge in [-0.3, -0.25) is 9.36 Å². The predicted molar refractivity (Wildman–Crippen MR) is 116 cm³/mol. The Morgan fingerprint density at radius 2 is 2.00 bits per heavy atom. The number of aromatic nitrogens is 1. The average molecular weight is 406 g/mol. The lowest BCUT2D eigenvalue weighted by molar-refractivity contribution is -0.121. The van der Waals surface area contributed by atoms with Crippen LogP contribution in [-0.2, 0) is 11.8 Å². The van der Waals surface area contributed by atoms with E-state index in [0.29, 0.717) is 18.0 Å². The van der Waals surface area contributed by atoms with Gasteiger partial charge < -0.3 is 15.1 Å². The molecule has 30 heavy (non-hydrogen) atoms. The van der Waals surface area contributed by atoms with Crippen molar-refractivity contribution in [2.75, 3.05) is 13.1 Å². The van der Waals surface area contributed by atoms with Gasteiger partial charge in [0.15, 0.2) is 5.58 Å². The number of hydrogen-bond acceptors (Lipinski definition) is 5. The summed E-state index contributed by atoms with van der Waals surface area (Å²) in [6.07, 6.45) is 2.72. The molecule has 156 valence electrons. The molecule has 1 unspecified atom stereocenters. The van der Waals surface area contributed by atoms with Gasteiger partial charge in [0.05, 0.1) is 11.6 Å². The summed E-state index contributed by atoms with van der Waals surface area (Å²) >= 11 is 0. The van der Waals surface area contributed by atoms with E-state index in [4.69, 9.17) is 9.68 Å². The van der Waals surface area contributed by atoms with E-state index in [1.54, 1.807) is 7.05 Å². The van der Waals surface area contributed by atoms with Gasteiger partial charge in [-0.25, -0.2) is 4.79 Å². The van der Waals surface area contributed by atoms with Gasteiger partial charge in [-0.1, -0.05) is 35.9 Å². The second kappa shape index (κ2) is 9.90. The van der Waals surface area contributed by atoms with E-state index in [9.17, 15) is 9.59 Å². The summed E-state index contributed by atoms with van der Waals surface area (Å²) in [7, 11) is 1.72. The lowest BCUT2D eigenvalue weighted by Gasteiger charge is -2.07. The van der Waals surface area contributed by atoms with Crippen LogP contribution < -0.4 is 16.4 Å². The van der Waals surface area contributed by atoms with Gasteiger partial charge in [0.1, 0.15) is 6.54 Å². The Balaban J connectivity index is 0.000000187. The van der Waals surface area contributed by atoms with Crippen molar-refractivity contribution in [2.24, 2.45) is 7.05 Å². The van der Waals surface area contributed by atoms with Crippen molar-refractivity contribution in [3.63, 3.8) is 0 Å². The summed E-state index contributed by atoms with van der Waals surface area (Å²) in [6.45, 7) is 3.19. The molecule has 2 aromatic carbocycles. The molecular weight excluding hydrogens is 380 g/mol. The van der Waals surface area contributed by atoms with Gasteiger partial charge in [0.25, 0.3) is 0 Å². The van der Waals surface area contributed by atoms with E-state index in [2.05, 4.69) is 41.8 Å². The Morgan fingerprint density at radius 3 is 2.67 bits per heavy atom. The number of aryl methyl sites for hydroxylation is 2. The van der Waals surface area contributed by atoms with Gasteiger partial charge in [0.2, 0.25) is 5.91 Å². The highest BCUT2D eigenvalue weighted by Crippen LogP contribution is 2.24. The molecule has 0 radical (unpaired) electrons. The molecule has 2 N–H and O–H groups in total. The third-order valence-electron chi connectivity index (χ3n) is 5.14. The van der Waals surface area contributed by atoms with Crippen molar-refractivity contribution in [3.8, 4) is 17.2 Å². The van der Waals surface area contributed by atoms with Crippen LogP contribution in [0.3, 0.4) is 0 Å². The number of benzene rings is 2. The number of hydrogen-bond donors (Lipinski definition) is 2. The van der Waals surface area contributed by atoms with Gasteiger partial charge in [-0.05, 0) is 49.6 Å². The SMILES string of the molecule is Cc1ccc(-c2ccc3oc(=O)n(C)c3c2)cc1.N#CCNC(=O)CC1CCCN1. The molecule has 1 aromatic heterocycles. The molecule has 0 aliphatic carbocycles. The Bertz CT molecular complexity index is 1100. The number of nitriles is 1. The van der Waals surface area contributed by atoms with Crippen LogP contribution in [0.15, 0.2) is 51.7 Å². The second-order valence-electron chi connectivity index (χ2n) is 7.41. The topological polar surface area (TPSA) is 100 Å². The fraction of sp³-hybridized carbons (Fsp3) is 0.348. The molecule has 1 atom stereocenters. The second-order valence-corrected chi connectivity index (χ2v) is 7.41. The molecule has 0 spiro atoms. The number of oxazole rings is 1. The summed E-state index contributed by atoms with van der Waals surface area (Å²) in [4.78, 5) is 22.5. The molecule has 0 bridgehead atoms. The standard InChI is InChI=1S/C15H13NO2.C8H13N3O/c1-10-3-5-11(6-4-10)12-7-8-14-13(9-12)16(2)15(17)18-14;9-3-5-11-8(12)6-7-2-1-4-10-7/h3-9H,1-2H3;7,10H,1-2,4-6H2,(H,11,12). The highest BCUT2D eigenvalue weighted by atomic mass is 16.4. The first kappa shape index (κ1) is 21.3. The third-order valence-corrected chi connectivity index (χ3v) is 5.14. The van der Waals surface area contributed by atoms with Crippen LogP contribution >= 0.6 is 0 Å². The van der Waals surface area contributed by atoms with Gasteiger partial charge in [-0.2, -0.15) is 5.26 Å². The Labute approximate surface area is 175 Å². The Kier molecular flexibility index (Phi) is 7.04. The minimum atomic E-state index is -0.328. The fourth-order valence-corrected chi connectivity index (χ4v) is 3.42. The quantitative estimate of drug-likeness (QED) is 0.649. The summed E-state index contributed by atoms with van der Waals surface area (Å²) in [5.41, 5.74) is 4.89. The zero-order valence-electron chi connectivity index (χ0n) is 17.3. The van der Waals surface area contributed by atoms with Crippen LogP contribution in [0.2, 0.25) is 0 Å². The molecule has 1 aliphatic heterocycles. The zero-order valence-corrected chi connectivity index (χ0v) is 17.3. The molecule has 1 saturated heterocycles. The zero-order chi connectivity index (χ0) is 21.5. The van der Waals surface area contributed by atoms with Crippen LogP contribution in [0.1, 0.15) is 24.8 Å². The lowest BCUT2D eigenvalue weighted by Crippen LogP contribution is -2.31. The smallest absolute Gasteiger partial charge is 0.408 e. The van der Waals surface area contributed by atoms with Crippen molar-refractivity contribution >= 4 is 17.0 Å². The van der Waals surface area contributed by atoms with Crippen LogP contribution in [0.5, 0.6) is 0 Å². The number of rotatable bonds is 4. The van der Waals surface area contributed by atoms with E-state index in [1.807, 2.05) is 24.3 Å². The van der Waals surface area contributed by atoms with Gasteiger partial charge in [-0.15, -0.1) is 0 Å². The fourth-order valence-electron chi connectivity index (χ4n) is 3.42. The minimum Gasteiger partial charge on any atom is -0.408 e. The third kappa shape index (κ3) is 5.37. The molecule has 1 amide bonds. The highest BCUT2D eigenvalue weighted by Gasteiger charge is 2.16.